The third-order valence-corrected chi connectivity index (χ3v) is 6.55. The Bertz CT molecular complexity index is 1920. The Balaban J connectivity index is 1.89. The van der Waals surface area contributed by atoms with E-state index in [1.54, 1.807) is 24.8 Å². The predicted molar refractivity (Wildman–Crippen MR) is 166 cm³/mol. The van der Waals surface area contributed by atoms with E-state index in [4.69, 9.17) is 30.9 Å². The number of nitro benzene ring substituents is 1. The molecule has 1 aromatic carbocycles. The van der Waals surface area contributed by atoms with Crippen molar-refractivity contribution in [3.8, 4) is 5.75 Å². The quantitative estimate of drug-likeness (QED) is 0.182. The van der Waals surface area contributed by atoms with Gasteiger partial charge in [0.2, 0.25) is 5.95 Å². The summed E-state index contributed by atoms with van der Waals surface area (Å²) in [6, 6.07) is 5.11. The molecule has 1 N–H and O–H groups in total. The van der Waals surface area contributed by atoms with Gasteiger partial charge in [0.25, 0.3) is 5.69 Å². The summed E-state index contributed by atoms with van der Waals surface area (Å²) < 4.78 is 104. The van der Waals surface area contributed by atoms with Crippen LogP contribution in [0.25, 0.3) is 0 Å². The number of hydrogen-bond donors (Lipinski definition) is 1. The zero-order valence-corrected chi connectivity index (χ0v) is 24.3. The number of esters is 1. The topological polar surface area (TPSA) is 139 Å². The van der Waals surface area contributed by atoms with Crippen molar-refractivity contribution in [3.05, 3.63) is 57.5 Å². The number of likely N-dealkylation sites (N-methyl/N-ethyl adjacent to an activating group) is 2. The number of ether oxygens (including phenoxy) is 2. The Kier molecular flexibility index (Phi) is 5.44. The van der Waals surface area contributed by atoms with Crippen molar-refractivity contribution in [1.82, 2.24) is 19.9 Å². The van der Waals surface area contributed by atoms with E-state index in [0.717, 1.165) is 29.7 Å². The number of carbonyl (C=O) groups is 1. The molecule has 0 bridgehead atoms. The van der Waals surface area contributed by atoms with Crippen LogP contribution in [0.3, 0.4) is 0 Å². The first kappa shape index (κ1) is 18.9. The molecule has 13 nitrogen and oxygen atoms in total. The van der Waals surface area contributed by atoms with Crippen molar-refractivity contribution >= 4 is 40.5 Å². The molecule has 0 spiro atoms. The molecule has 43 heavy (non-hydrogen) atoms. The van der Waals surface area contributed by atoms with Crippen molar-refractivity contribution < 1.29 is 35.6 Å². The number of fused-ring (bicyclic) bond motifs is 1. The molecule has 3 heterocycles. The van der Waals surface area contributed by atoms with Crippen LogP contribution in [0.15, 0.2) is 30.5 Å². The monoisotopic (exact) mass is 604 g/mol. The van der Waals surface area contributed by atoms with Crippen LogP contribution >= 0.6 is 0 Å². The number of carbonyl (C=O) groups excluding carboxylic acids is 1. The minimum atomic E-state index is -3.24. The molecule has 1 aliphatic rings. The first-order valence-corrected chi connectivity index (χ1v) is 13.2. The second kappa shape index (κ2) is 12.4. The molecule has 3 aromatic rings. The van der Waals surface area contributed by atoms with Gasteiger partial charge in [-0.05, 0) is 46.9 Å². The fraction of sp³-hybridized carbons (Fsp3) is 0.467. The molecule has 0 atom stereocenters. The lowest BCUT2D eigenvalue weighted by atomic mass is 9.91. The van der Waals surface area contributed by atoms with Crippen molar-refractivity contribution in [2.75, 3.05) is 62.7 Å². The van der Waals surface area contributed by atoms with Gasteiger partial charge >= 0.3 is 5.97 Å². The second-order valence-corrected chi connectivity index (χ2v) is 10.8. The molecule has 230 valence electrons. The van der Waals surface area contributed by atoms with Crippen molar-refractivity contribution in [2.24, 2.45) is 0 Å². The normalized spacial score (nSPS) is 19.0. The summed E-state index contributed by atoms with van der Waals surface area (Å²) in [4.78, 5) is 40.5. The number of aryl methyl sites for hydroxylation is 1. The molecule has 0 radical (unpaired) electrons. The molecule has 0 unspecified atom stereocenters. The number of pyridine rings is 1. The Morgan fingerprint density at radius 2 is 2.02 bits per heavy atom. The Hall–Kier alpha value is -4.52. The zero-order valence-electron chi connectivity index (χ0n) is 36.3. The van der Waals surface area contributed by atoms with Gasteiger partial charge in [0.15, 0.2) is 5.82 Å². The smallest absolute Gasteiger partial charge is 0.343 e. The molecule has 0 amide bonds. The lowest BCUT2D eigenvalue weighted by Crippen LogP contribution is -2.29. The first-order chi connectivity index (χ1) is 25.0. The van der Waals surface area contributed by atoms with E-state index < -0.39 is 86.3 Å². The molecule has 1 aliphatic heterocycles. The Morgan fingerprint density at radius 1 is 1.23 bits per heavy atom. The molecule has 13 heteroatoms. The average molecular weight is 605 g/mol. The zero-order chi connectivity index (χ0) is 41.6. The van der Waals surface area contributed by atoms with Gasteiger partial charge in [-0.1, -0.05) is 13.8 Å². The minimum Gasteiger partial charge on any atom is -0.494 e. The number of nitrogens with one attached hydrogen (secondary N) is 1. The minimum absolute atomic E-state index is 0.0414. The molecular weight excluding hydrogens is 552 g/mol. The van der Waals surface area contributed by atoms with Crippen molar-refractivity contribution in [1.29, 1.82) is 0 Å². The largest absolute Gasteiger partial charge is 0.494 e. The number of hydrogen-bond acceptors (Lipinski definition) is 12. The van der Waals surface area contributed by atoms with Crippen molar-refractivity contribution in [2.45, 2.75) is 46.1 Å². The maximum Gasteiger partial charge on any atom is 0.343 e. The fourth-order valence-electron chi connectivity index (χ4n) is 4.61. The molecule has 0 saturated carbocycles. The highest BCUT2D eigenvalue weighted by Crippen LogP contribution is 2.44. The van der Waals surface area contributed by atoms with Crippen LogP contribution in [0, 0.1) is 17.0 Å². The van der Waals surface area contributed by atoms with E-state index in [2.05, 4.69) is 15.3 Å². The molecular formula is C30H40N8O5. The van der Waals surface area contributed by atoms with E-state index in [-0.39, 0.29) is 22.2 Å². The Labute approximate surface area is 268 Å². The van der Waals surface area contributed by atoms with Gasteiger partial charge in [-0.15, -0.1) is 0 Å². The van der Waals surface area contributed by atoms with Gasteiger partial charge in [-0.3, -0.25) is 15.1 Å². The van der Waals surface area contributed by atoms with E-state index in [9.17, 15) is 14.9 Å². The summed E-state index contributed by atoms with van der Waals surface area (Å²) in [5.74, 6) is -1.63. The molecule has 0 aliphatic carbocycles. The van der Waals surface area contributed by atoms with Gasteiger partial charge in [-0.25, -0.2) is 9.78 Å². The van der Waals surface area contributed by atoms with Crippen LogP contribution in [0.1, 0.15) is 65.9 Å². The molecule has 2 aromatic heterocycles. The third-order valence-electron chi connectivity index (χ3n) is 6.55. The number of benzene rings is 1. The number of nitrogens with zero attached hydrogens (tertiary/aromatic N) is 7. The van der Waals surface area contributed by atoms with Crippen LogP contribution in [0.2, 0.25) is 0 Å². The second-order valence-electron chi connectivity index (χ2n) is 10.8. The maximum absolute atomic E-state index is 13.3. The van der Waals surface area contributed by atoms with Crippen LogP contribution in [-0.2, 0) is 10.2 Å². The summed E-state index contributed by atoms with van der Waals surface area (Å²) in [7, 11) is -3.19. The highest BCUT2D eigenvalue weighted by Gasteiger charge is 2.40. The number of aromatic nitrogens is 3. The highest BCUT2D eigenvalue weighted by molar-refractivity contribution is 5.96. The third kappa shape index (κ3) is 6.77. The van der Waals surface area contributed by atoms with Crippen LogP contribution in [0.5, 0.6) is 5.75 Å². The lowest BCUT2D eigenvalue weighted by molar-refractivity contribution is -0.384. The summed E-state index contributed by atoms with van der Waals surface area (Å²) in [5.41, 5.74) is -0.512. The predicted octanol–water partition coefficient (Wildman–Crippen LogP) is 4.83. The summed E-state index contributed by atoms with van der Waals surface area (Å²) >= 11 is 0. The standard InChI is InChI=1S/C30H40N8O5/c1-18(2)43-28(39)20-16-31-29(34-27(20)37-17-30(4,5)26-22(37)11-10-19(3)32-26)33-21-14-24(38(40)41)23(15-25(21)42-9)36(8)13-12-35(6)7/h10-11,14-16,18H,12-13,17H2,1-9H3,(H,31,33,34)/i6D3,7D3,8D3,9D3. The SMILES string of the molecule is [2H]C([2H])([2H])Oc1cc(N(CCN(C([2H])([2H])[2H])C([2H])([2H])[2H])C([2H])([2H])[2H])c([N+](=O)[O-])cc1Nc1ncc(C(=O)OC(C)C)c(N2CC(C)(C)c3nc(C)ccc32)n1. The number of methoxy groups -OCH3 is 1. The summed E-state index contributed by atoms with van der Waals surface area (Å²) in [6.07, 6.45) is 0.649. The molecule has 4 rings (SSSR count). The van der Waals surface area contributed by atoms with Crippen LogP contribution in [-0.4, -0.2) is 84.4 Å². The van der Waals surface area contributed by atoms with E-state index in [1.165, 1.54) is 0 Å². The van der Waals surface area contributed by atoms with E-state index in [1.807, 2.05) is 26.8 Å². The summed E-state index contributed by atoms with van der Waals surface area (Å²) in [6.45, 7) is -2.11. The van der Waals surface area contributed by atoms with Gasteiger partial charge in [0.05, 0.1) is 39.2 Å². The Morgan fingerprint density at radius 3 is 2.70 bits per heavy atom. The van der Waals surface area contributed by atoms with E-state index >= 15 is 0 Å². The first-order valence-electron chi connectivity index (χ1n) is 19.2. The fourth-order valence-corrected chi connectivity index (χ4v) is 4.61. The maximum atomic E-state index is 13.3. The number of rotatable bonds is 11. The van der Waals surface area contributed by atoms with E-state index in [0.29, 0.717) is 17.1 Å². The summed E-state index contributed by atoms with van der Waals surface area (Å²) in [5, 5.41) is 15.2. The lowest BCUT2D eigenvalue weighted by Gasteiger charge is -2.24. The number of nitro groups is 1. The van der Waals surface area contributed by atoms with Crippen LogP contribution in [0.4, 0.5) is 34.5 Å². The van der Waals surface area contributed by atoms with Gasteiger partial charge in [0, 0.05) is 68.4 Å². The van der Waals surface area contributed by atoms with Crippen LogP contribution < -0.4 is 19.9 Å². The van der Waals surface area contributed by atoms with Gasteiger partial charge in [0.1, 0.15) is 17.0 Å². The molecule has 0 fully saturated rings. The average Bonchev–Trinajstić information content (AvgIpc) is 3.26. The van der Waals surface area contributed by atoms with Gasteiger partial charge in [-0.2, -0.15) is 4.98 Å². The highest BCUT2D eigenvalue weighted by atomic mass is 16.6. The number of anilines is 5. The molecule has 0 saturated heterocycles. The van der Waals surface area contributed by atoms with Gasteiger partial charge < -0.3 is 29.5 Å². The van der Waals surface area contributed by atoms with Crippen molar-refractivity contribution in [3.63, 3.8) is 0 Å².